The highest BCUT2D eigenvalue weighted by molar-refractivity contribution is 5.76. The molecule has 1 saturated carbocycles. The number of carbonyl (C=O) groups excluding carboxylic acids is 1. The Hall–Kier alpha value is -0.650. The van der Waals surface area contributed by atoms with E-state index >= 15 is 0 Å². The third-order valence-electron chi connectivity index (χ3n) is 4.44. The average Bonchev–Trinajstić information content (AvgIpc) is 2.62. The highest BCUT2D eigenvalue weighted by Gasteiger charge is 2.32. The summed E-state index contributed by atoms with van der Waals surface area (Å²) in [6.07, 6.45) is 4.31. The van der Waals surface area contributed by atoms with Gasteiger partial charge in [0.2, 0.25) is 5.91 Å². The maximum atomic E-state index is 12.3. The second-order valence-electron chi connectivity index (χ2n) is 5.98. The Morgan fingerprint density at radius 2 is 2.05 bits per heavy atom. The minimum absolute atomic E-state index is 0.333. The maximum absolute atomic E-state index is 12.3. The molecule has 1 heterocycles. The Kier molecular flexibility index (Phi) is 6.26. The number of ether oxygens (including phenoxy) is 1. The smallest absolute Gasteiger partial charge is 0.222 e. The third kappa shape index (κ3) is 4.43. The predicted molar refractivity (Wildman–Crippen MR) is 79.4 cm³/mol. The van der Waals surface area contributed by atoms with Crippen LogP contribution in [0.4, 0.5) is 0 Å². The van der Waals surface area contributed by atoms with Crippen molar-refractivity contribution in [2.45, 2.75) is 38.7 Å². The molecule has 0 aromatic rings. The first-order valence-electron chi connectivity index (χ1n) is 8.04. The van der Waals surface area contributed by atoms with Crippen LogP contribution in [0.15, 0.2) is 0 Å². The van der Waals surface area contributed by atoms with Gasteiger partial charge in [-0.05, 0) is 38.6 Å². The first kappa shape index (κ1) is 15.7. The molecule has 1 amide bonds. The molecule has 0 unspecified atom stereocenters. The molecule has 0 aromatic heterocycles. The van der Waals surface area contributed by atoms with Crippen LogP contribution in [-0.4, -0.2) is 67.7 Å². The lowest BCUT2D eigenvalue weighted by atomic mass is 9.79. The number of hydrogen-bond acceptors (Lipinski definition) is 4. The minimum Gasteiger partial charge on any atom is -0.378 e. The van der Waals surface area contributed by atoms with Crippen molar-refractivity contribution in [3.63, 3.8) is 0 Å². The summed E-state index contributed by atoms with van der Waals surface area (Å²) >= 11 is 0. The fourth-order valence-corrected chi connectivity index (χ4v) is 3.22. The summed E-state index contributed by atoms with van der Waals surface area (Å²) in [6.45, 7) is 8.26. The quantitative estimate of drug-likeness (QED) is 0.779. The van der Waals surface area contributed by atoms with Gasteiger partial charge in [-0.2, -0.15) is 0 Å². The van der Waals surface area contributed by atoms with Gasteiger partial charge < -0.3 is 20.3 Å². The Morgan fingerprint density at radius 3 is 2.75 bits per heavy atom. The van der Waals surface area contributed by atoms with Crippen LogP contribution in [0.3, 0.4) is 0 Å². The van der Waals surface area contributed by atoms with Gasteiger partial charge in [-0.3, -0.25) is 4.79 Å². The minimum atomic E-state index is 0.333. The normalized spacial score (nSPS) is 28.0. The van der Waals surface area contributed by atoms with E-state index in [1.165, 1.54) is 0 Å². The van der Waals surface area contributed by atoms with Gasteiger partial charge in [-0.1, -0.05) is 0 Å². The van der Waals surface area contributed by atoms with Gasteiger partial charge in [-0.25, -0.2) is 0 Å². The molecule has 1 saturated heterocycles. The number of rotatable bonds is 6. The SMILES string of the molecule is CCOC1CC(CC(=O)N2CCCN(CCN)CC2)C1. The molecule has 20 heavy (non-hydrogen) atoms. The highest BCUT2D eigenvalue weighted by atomic mass is 16.5. The van der Waals surface area contributed by atoms with Crippen LogP contribution in [-0.2, 0) is 9.53 Å². The molecule has 0 spiro atoms. The monoisotopic (exact) mass is 283 g/mol. The molecular weight excluding hydrogens is 254 g/mol. The van der Waals surface area contributed by atoms with E-state index in [4.69, 9.17) is 10.5 Å². The lowest BCUT2D eigenvalue weighted by Gasteiger charge is -2.35. The number of nitrogens with two attached hydrogens (primary N) is 1. The third-order valence-corrected chi connectivity index (χ3v) is 4.44. The van der Waals surface area contributed by atoms with Gasteiger partial charge >= 0.3 is 0 Å². The number of hydrogen-bond donors (Lipinski definition) is 1. The topological polar surface area (TPSA) is 58.8 Å². The highest BCUT2D eigenvalue weighted by Crippen LogP contribution is 2.33. The van der Waals surface area contributed by atoms with Gasteiger partial charge in [0.05, 0.1) is 6.10 Å². The maximum Gasteiger partial charge on any atom is 0.222 e. The second-order valence-corrected chi connectivity index (χ2v) is 5.98. The van der Waals surface area contributed by atoms with Crippen LogP contribution in [0.1, 0.15) is 32.6 Å². The van der Waals surface area contributed by atoms with Crippen molar-refractivity contribution in [2.24, 2.45) is 11.7 Å². The average molecular weight is 283 g/mol. The van der Waals surface area contributed by atoms with Crippen LogP contribution in [0.5, 0.6) is 0 Å². The fraction of sp³-hybridized carbons (Fsp3) is 0.933. The van der Waals surface area contributed by atoms with Crippen LogP contribution < -0.4 is 5.73 Å². The molecule has 0 aromatic carbocycles. The van der Waals surface area contributed by atoms with Crippen LogP contribution in [0, 0.1) is 5.92 Å². The van der Waals surface area contributed by atoms with Crippen molar-refractivity contribution in [3.8, 4) is 0 Å². The summed E-state index contributed by atoms with van der Waals surface area (Å²) in [6, 6.07) is 0. The Bertz CT molecular complexity index is 305. The molecule has 1 aliphatic heterocycles. The molecule has 0 radical (unpaired) electrons. The number of amides is 1. The molecule has 2 N–H and O–H groups in total. The Labute approximate surface area is 122 Å². The van der Waals surface area contributed by atoms with Gasteiger partial charge in [0.1, 0.15) is 0 Å². The second kappa shape index (κ2) is 7.96. The largest absolute Gasteiger partial charge is 0.378 e. The number of carbonyl (C=O) groups is 1. The lowest BCUT2D eigenvalue weighted by Crippen LogP contribution is -2.40. The van der Waals surface area contributed by atoms with E-state index in [-0.39, 0.29) is 0 Å². The molecule has 5 heteroatoms. The van der Waals surface area contributed by atoms with Gasteiger partial charge in [0.25, 0.3) is 0 Å². The van der Waals surface area contributed by atoms with E-state index in [1.54, 1.807) is 0 Å². The molecule has 0 bridgehead atoms. The summed E-state index contributed by atoms with van der Waals surface area (Å²) in [5.41, 5.74) is 5.60. The molecule has 116 valence electrons. The molecule has 1 aliphatic carbocycles. The van der Waals surface area contributed by atoms with Crippen molar-refractivity contribution in [2.75, 3.05) is 45.9 Å². The van der Waals surface area contributed by atoms with Gasteiger partial charge in [-0.15, -0.1) is 0 Å². The van der Waals surface area contributed by atoms with Crippen LogP contribution in [0.25, 0.3) is 0 Å². The molecular formula is C15H29N3O2. The van der Waals surface area contributed by atoms with Gasteiger partial charge in [0.15, 0.2) is 0 Å². The molecule has 0 atom stereocenters. The zero-order valence-corrected chi connectivity index (χ0v) is 12.7. The Morgan fingerprint density at radius 1 is 1.25 bits per heavy atom. The first-order chi connectivity index (χ1) is 9.72. The van der Waals surface area contributed by atoms with Crippen molar-refractivity contribution < 1.29 is 9.53 Å². The van der Waals surface area contributed by atoms with E-state index in [9.17, 15) is 4.79 Å². The zero-order valence-electron chi connectivity index (χ0n) is 12.7. The van der Waals surface area contributed by atoms with E-state index in [2.05, 4.69) is 4.90 Å². The van der Waals surface area contributed by atoms with E-state index in [0.717, 1.165) is 58.6 Å². The summed E-state index contributed by atoms with van der Waals surface area (Å²) in [7, 11) is 0. The summed E-state index contributed by atoms with van der Waals surface area (Å²) in [5, 5.41) is 0. The summed E-state index contributed by atoms with van der Waals surface area (Å²) < 4.78 is 5.55. The molecule has 5 nitrogen and oxygen atoms in total. The van der Waals surface area contributed by atoms with Crippen LogP contribution in [0.2, 0.25) is 0 Å². The number of nitrogens with zero attached hydrogens (tertiary/aromatic N) is 2. The molecule has 2 aliphatic rings. The van der Waals surface area contributed by atoms with E-state index in [0.29, 0.717) is 30.9 Å². The predicted octanol–water partition coefficient (Wildman–Crippen LogP) is 0.685. The standard InChI is InChI=1S/C15H29N3O2/c1-2-20-14-10-13(11-14)12-15(19)18-6-3-5-17(7-4-16)8-9-18/h13-14H,2-12,16H2,1H3. The van der Waals surface area contributed by atoms with Crippen molar-refractivity contribution in [1.82, 2.24) is 9.80 Å². The lowest BCUT2D eigenvalue weighted by molar-refractivity contribution is -0.134. The molecule has 2 fully saturated rings. The van der Waals surface area contributed by atoms with E-state index < -0.39 is 0 Å². The zero-order chi connectivity index (χ0) is 14.4. The summed E-state index contributed by atoms with van der Waals surface area (Å²) in [4.78, 5) is 16.7. The van der Waals surface area contributed by atoms with Crippen LogP contribution >= 0.6 is 0 Å². The summed E-state index contributed by atoms with van der Waals surface area (Å²) in [5.74, 6) is 0.877. The van der Waals surface area contributed by atoms with Crippen molar-refractivity contribution in [1.29, 1.82) is 0 Å². The van der Waals surface area contributed by atoms with Gasteiger partial charge in [0, 0.05) is 45.8 Å². The first-order valence-corrected chi connectivity index (χ1v) is 8.04. The van der Waals surface area contributed by atoms with Crippen molar-refractivity contribution in [3.05, 3.63) is 0 Å². The fourth-order valence-electron chi connectivity index (χ4n) is 3.22. The Balaban J connectivity index is 1.68. The molecule has 2 rings (SSSR count). The van der Waals surface area contributed by atoms with Crippen molar-refractivity contribution >= 4 is 5.91 Å². The van der Waals surface area contributed by atoms with E-state index in [1.807, 2.05) is 11.8 Å².